The van der Waals surface area contributed by atoms with E-state index in [0.717, 1.165) is 8.84 Å². The molecule has 4 aliphatic rings. The topological polar surface area (TPSA) is 0 Å². The second kappa shape index (κ2) is 1.57. The van der Waals surface area contributed by atoms with Crippen molar-refractivity contribution in [3.05, 3.63) is 0 Å². The fraction of sp³-hybridized carbons (Fsp3) is 1.00. The monoisotopic (exact) mass is 248 g/mol. The Bertz CT molecular complexity index is 161. The summed E-state index contributed by atoms with van der Waals surface area (Å²) in [5, 5.41) is 0. The van der Waals surface area contributed by atoms with Crippen LogP contribution in [0.2, 0.25) is 0 Å². The summed E-state index contributed by atoms with van der Waals surface area (Å²) in [4.78, 5) is 0. The van der Waals surface area contributed by atoms with E-state index in [1.54, 1.807) is 32.1 Å². The average molecular weight is 248 g/mol. The van der Waals surface area contributed by atoms with E-state index in [4.69, 9.17) is 0 Å². The second-order valence-corrected chi connectivity index (χ2v) is 6.96. The number of hydrogen-bond donors (Lipinski definition) is 0. The van der Waals surface area contributed by atoms with E-state index in [2.05, 4.69) is 22.6 Å². The van der Waals surface area contributed by atoms with Gasteiger partial charge in [0.1, 0.15) is 0 Å². The van der Waals surface area contributed by atoms with Gasteiger partial charge >= 0.3 is 0 Å². The van der Waals surface area contributed by atoms with Gasteiger partial charge in [-0.3, -0.25) is 0 Å². The lowest BCUT2D eigenvalue weighted by Crippen LogP contribution is -2.67. The lowest BCUT2D eigenvalue weighted by atomic mass is 9.37. The second-order valence-electron chi connectivity index (χ2n) is 4.67. The van der Waals surface area contributed by atoms with Crippen molar-refractivity contribution in [1.82, 2.24) is 0 Å². The molecule has 0 nitrogen and oxygen atoms in total. The van der Waals surface area contributed by atoms with Gasteiger partial charge in [0, 0.05) is 3.42 Å². The minimum atomic E-state index is 0.813. The average Bonchev–Trinajstić information content (AvgIpc) is 1.53. The lowest BCUT2D eigenvalue weighted by molar-refractivity contribution is -0.137. The van der Waals surface area contributed by atoms with Crippen LogP contribution in [-0.4, -0.2) is 3.42 Å². The summed E-state index contributed by atoms with van der Waals surface area (Å²) in [7, 11) is 0. The van der Waals surface area contributed by atoms with E-state index >= 15 is 0 Å². The summed E-state index contributed by atoms with van der Waals surface area (Å²) < 4.78 is 0.813. The molecule has 0 aliphatic heterocycles. The van der Waals surface area contributed by atoms with Gasteiger partial charge in [-0.2, -0.15) is 0 Å². The molecule has 0 spiro atoms. The quantitative estimate of drug-likeness (QED) is 0.494. The lowest BCUT2D eigenvalue weighted by Gasteiger charge is -2.72. The highest BCUT2D eigenvalue weighted by atomic mass is 127. The molecule has 2 bridgehead atoms. The first-order valence-corrected chi connectivity index (χ1v) is 5.49. The molecule has 0 heterocycles. The molecular formula is C9H13I. The Morgan fingerprint density at radius 1 is 1.10 bits per heavy atom. The zero-order valence-electron chi connectivity index (χ0n) is 6.20. The molecule has 0 N–H and O–H groups in total. The maximum Gasteiger partial charge on any atom is 0.0238 e. The van der Waals surface area contributed by atoms with E-state index in [1.165, 1.54) is 12.3 Å². The van der Waals surface area contributed by atoms with Crippen LogP contribution in [0.4, 0.5) is 0 Å². The summed E-state index contributed by atoms with van der Waals surface area (Å²) >= 11 is 2.68. The highest BCUT2D eigenvalue weighted by molar-refractivity contribution is 14.1. The Balaban J connectivity index is 1.74. The molecule has 0 atom stereocenters. The van der Waals surface area contributed by atoms with Crippen molar-refractivity contribution < 1.29 is 0 Å². The first-order valence-electron chi connectivity index (χ1n) is 4.42. The summed E-state index contributed by atoms with van der Waals surface area (Å²) in [6.07, 6.45) is 9.38. The third-order valence-electron chi connectivity index (χ3n) is 3.98. The van der Waals surface area contributed by atoms with Crippen molar-refractivity contribution in [3.63, 3.8) is 0 Å². The van der Waals surface area contributed by atoms with E-state index in [0.29, 0.717) is 0 Å². The van der Waals surface area contributed by atoms with Gasteiger partial charge in [0.15, 0.2) is 0 Å². The Hall–Kier alpha value is 0.730. The van der Waals surface area contributed by atoms with Crippen LogP contribution in [-0.2, 0) is 0 Å². The van der Waals surface area contributed by atoms with Gasteiger partial charge in [-0.15, -0.1) is 0 Å². The highest BCUT2D eigenvalue weighted by Gasteiger charge is 2.69. The SMILES string of the molecule is IC12CC(C3CCC3)(C1)C2. The van der Waals surface area contributed by atoms with Crippen LogP contribution in [0.15, 0.2) is 0 Å². The van der Waals surface area contributed by atoms with Crippen LogP contribution in [0.5, 0.6) is 0 Å². The first-order chi connectivity index (χ1) is 4.73. The Morgan fingerprint density at radius 3 is 2.00 bits per heavy atom. The summed E-state index contributed by atoms with van der Waals surface area (Å²) in [5.74, 6) is 1.17. The number of rotatable bonds is 1. The maximum absolute atomic E-state index is 2.68. The molecule has 10 heavy (non-hydrogen) atoms. The van der Waals surface area contributed by atoms with Gasteiger partial charge in [-0.1, -0.05) is 29.0 Å². The maximum atomic E-state index is 2.68. The predicted molar refractivity (Wildman–Crippen MR) is 50.4 cm³/mol. The van der Waals surface area contributed by atoms with Crippen LogP contribution in [0.3, 0.4) is 0 Å². The minimum absolute atomic E-state index is 0.813. The molecule has 0 amide bonds. The van der Waals surface area contributed by atoms with Gasteiger partial charge in [0.25, 0.3) is 0 Å². The van der Waals surface area contributed by atoms with Crippen molar-refractivity contribution in [1.29, 1.82) is 0 Å². The largest absolute Gasteiger partial charge is 0.0788 e. The van der Waals surface area contributed by atoms with Crippen LogP contribution >= 0.6 is 22.6 Å². The first kappa shape index (κ1) is 6.27. The Labute approximate surface area is 75.9 Å². The molecule has 0 radical (unpaired) electrons. The standard InChI is InChI=1S/C9H13I/c10-9-4-8(5-9,6-9)7-2-1-3-7/h7H,1-6H2. The molecule has 0 aromatic carbocycles. The van der Waals surface area contributed by atoms with Crippen molar-refractivity contribution in [2.24, 2.45) is 11.3 Å². The minimum Gasteiger partial charge on any atom is -0.0788 e. The van der Waals surface area contributed by atoms with Gasteiger partial charge in [0.2, 0.25) is 0 Å². The molecule has 0 unspecified atom stereocenters. The Kier molecular flexibility index (Phi) is 0.984. The third-order valence-corrected chi connectivity index (χ3v) is 5.12. The zero-order chi connectivity index (χ0) is 6.82. The molecule has 4 rings (SSSR count). The highest BCUT2D eigenvalue weighted by Crippen LogP contribution is 2.77. The van der Waals surface area contributed by atoms with Crippen LogP contribution in [0.25, 0.3) is 0 Å². The number of halogens is 1. The summed E-state index contributed by atoms with van der Waals surface area (Å²) in [6.45, 7) is 0. The van der Waals surface area contributed by atoms with Crippen molar-refractivity contribution >= 4 is 22.6 Å². The normalized spacial score (nSPS) is 58.5. The third kappa shape index (κ3) is 0.552. The van der Waals surface area contributed by atoms with Gasteiger partial charge in [-0.25, -0.2) is 0 Å². The van der Waals surface area contributed by atoms with E-state index in [-0.39, 0.29) is 0 Å². The summed E-state index contributed by atoms with van der Waals surface area (Å²) in [6, 6.07) is 0. The van der Waals surface area contributed by atoms with E-state index in [1.807, 2.05) is 0 Å². The number of alkyl halides is 1. The van der Waals surface area contributed by atoms with Gasteiger partial charge in [0.05, 0.1) is 0 Å². The fourth-order valence-electron chi connectivity index (χ4n) is 3.19. The van der Waals surface area contributed by atoms with Crippen LogP contribution in [0, 0.1) is 11.3 Å². The predicted octanol–water partition coefficient (Wildman–Crippen LogP) is 3.14. The molecule has 56 valence electrons. The number of hydrogen-bond acceptors (Lipinski definition) is 0. The molecule has 4 fully saturated rings. The van der Waals surface area contributed by atoms with Gasteiger partial charge in [-0.05, 0) is 43.4 Å². The van der Waals surface area contributed by atoms with Crippen molar-refractivity contribution in [2.45, 2.75) is 41.9 Å². The molecular weight excluding hydrogens is 235 g/mol. The molecule has 4 saturated carbocycles. The van der Waals surface area contributed by atoms with Crippen LogP contribution in [0.1, 0.15) is 38.5 Å². The van der Waals surface area contributed by atoms with E-state index < -0.39 is 0 Å². The van der Waals surface area contributed by atoms with E-state index in [9.17, 15) is 0 Å². The van der Waals surface area contributed by atoms with Crippen LogP contribution < -0.4 is 0 Å². The van der Waals surface area contributed by atoms with Crippen molar-refractivity contribution in [3.8, 4) is 0 Å². The molecule has 0 aromatic rings. The molecule has 0 aromatic heterocycles. The fourth-order valence-corrected chi connectivity index (χ4v) is 5.47. The molecule has 4 aliphatic carbocycles. The van der Waals surface area contributed by atoms with Gasteiger partial charge < -0.3 is 0 Å². The zero-order valence-corrected chi connectivity index (χ0v) is 8.36. The smallest absolute Gasteiger partial charge is 0.0238 e. The van der Waals surface area contributed by atoms with Crippen molar-refractivity contribution in [2.75, 3.05) is 0 Å². The summed E-state index contributed by atoms with van der Waals surface area (Å²) in [5.41, 5.74) is 0.916. The molecule has 0 saturated heterocycles. The molecule has 1 heteroatoms. The Morgan fingerprint density at radius 2 is 1.70 bits per heavy atom.